The van der Waals surface area contributed by atoms with Crippen LogP contribution in [0.5, 0.6) is 5.75 Å². The minimum atomic E-state index is 0.702. The van der Waals surface area contributed by atoms with Crippen molar-refractivity contribution in [1.82, 2.24) is 0 Å². The lowest BCUT2D eigenvalue weighted by Crippen LogP contribution is -1.92. The number of hydrogen-bond donors (Lipinski definition) is 0. The fourth-order valence-electron chi connectivity index (χ4n) is 1.44. The zero-order valence-corrected chi connectivity index (χ0v) is 8.88. The maximum Gasteiger partial charge on any atom is 0.134 e. The summed E-state index contributed by atoms with van der Waals surface area (Å²) < 4.78 is 5.63. The third-order valence-corrected chi connectivity index (χ3v) is 2.44. The quantitative estimate of drug-likeness (QED) is 0.707. The molecule has 0 saturated carbocycles. The van der Waals surface area contributed by atoms with E-state index in [-0.39, 0.29) is 0 Å². The van der Waals surface area contributed by atoms with Gasteiger partial charge in [0.2, 0.25) is 0 Å². The SMILES string of the molecule is CSCOc1cccc2ccccc12. The first-order valence-corrected chi connectivity index (χ1v) is 5.90. The van der Waals surface area contributed by atoms with Crippen LogP contribution in [0.3, 0.4) is 0 Å². The van der Waals surface area contributed by atoms with Crippen molar-refractivity contribution in [1.29, 1.82) is 0 Å². The van der Waals surface area contributed by atoms with Gasteiger partial charge in [0.25, 0.3) is 0 Å². The standard InChI is InChI=1S/C12H12OS/c1-14-9-13-12-8-4-6-10-5-2-3-7-11(10)12/h2-8H,9H2,1H3. The van der Waals surface area contributed by atoms with Crippen LogP contribution in [-0.4, -0.2) is 12.2 Å². The van der Waals surface area contributed by atoms with E-state index in [9.17, 15) is 0 Å². The largest absolute Gasteiger partial charge is 0.482 e. The van der Waals surface area contributed by atoms with Gasteiger partial charge in [-0.2, -0.15) is 0 Å². The molecule has 14 heavy (non-hydrogen) atoms. The Hall–Kier alpha value is -1.15. The molecule has 0 aliphatic rings. The van der Waals surface area contributed by atoms with Crippen LogP contribution in [0.2, 0.25) is 0 Å². The molecule has 2 aromatic rings. The van der Waals surface area contributed by atoms with E-state index < -0.39 is 0 Å². The smallest absolute Gasteiger partial charge is 0.134 e. The number of fused-ring (bicyclic) bond motifs is 1. The zero-order valence-electron chi connectivity index (χ0n) is 8.07. The molecule has 2 rings (SSSR count). The third kappa shape index (κ3) is 1.85. The molecule has 0 unspecified atom stereocenters. The monoisotopic (exact) mass is 204 g/mol. The minimum Gasteiger partial charge on any atom is -0.482 e. The molecule has 0 amide bonds. The Labute approximate surface area is 88.1 Å². The predicted octanol–water partition coefficient (Wildman–Crippen LogP) is 3.54. The highest BCUT2D eigenvalue weighted by Crippen LogP contribution is 2.25. The minimum absolute atomic E-state index is 0.702. The van der Waals surface area contributed by atoms with Gasteiger partial charge in [0.05, 0.1) is 0 Å². The van der Waals surface area contributed by atoms with Gasteiger partial charge in [-0.3, -0.25) is 0 Å². The molecular formula is C12H12OS. The van der Waals surface area contributed by atoms with Crippen LogP contribution in [0.15, 0.2) is 42.5 Å². The van der Waals surface area contributed by atoms with Crippen molar-refractivity contribution < 1.29 is 4.74 Å². The number of benzene rings is 2. The summed E-state index contributed by atoms with van der Waals surface area (Å²) in [6, 6.07) is 14.4. The van der Waals surface area contributed by atoms with Gasteiger partial charge >= 0.3 is 0 Å². The van der Waals surface area contributed by atoms with Crippen LogP contribution < -0.4 is 4.74 Å². The Bertz CT molecular complexity index is 420. The first-order valence-electron chi connectivity index (χ1n) is 4.51. The fraction of sp³-hybridized carbons (Fsp3) is 0.167. The van der Waals surface area contributed by atoms with Gasteiger partial charge in [-0.15, -0.1) is 11.8 Å². The average molecular weight is 204 g/mol. The molecule has 0 aromatic heterocycles. The lowest BCUT2D eigenvalue weighted by molar-refractivity contribution is 0.398. The van der Waals surface area contributed by atoms with Crippen LogP contribution in [0, 0.1) is 0 Å². The van der Waals surface area contributed by atoms with Gasteiger partial charge in [-0.05, 0) is 17.7 Å². The van der Waals surface area contributed by atoms with Crippen molar-refractivity contribution in [3.05, 3.63) is 42.5 Å². The third-order valence-electron chi connectivity index (χ3n) is 2.08. The molecular weight excluding hydrogens is 192 g/mol. The normalized spacial score (nSPS) is 10.4. The summed E-state index contributed by atoms with van der Waals surface area (Å²) in [5.74, 6) is 1.67. The Balaban J connectivity index is 2.43. The van der Waals surface area contributed by atoms with Gasteiger partial charge in [0.1, 0.15) is 11.7 Å². The van der Waals surface area contributed by atoms with Crippen LogP contribution in [-0.2, 0) is 0 Å². The van der Waals surface area contributed by atoms with E-state index in [0.29, 0.717) is 5.94 Å². The van der Waals surface area contributed by atoms with E-state index >= 15 is 0 Å². The van der Waals surface area contributed by atoms with Crippen LogP contribution >= 0.6 is 11.8 Å². The highest BCUT2D eigenvalue weighted by Gasteiger charge is 1.99. The molecule has 0 fully saturated rings. The van der Waals surface area contributed by atoms with Gasteiger partial charge < -0.3 is 4.74 Å². The van der Waals surface area contributed by atoms with Crippen molar-refractivity contribution in [2.45, 2.75) is 0 Å². The van der Waals surface area contributed by atoms with Crippen LogP contribution in [0.25, 0.3) is 10.8 Å². The van der Waals surface area contributed by atoms with E-state index in [4.69, 9.17) is 4.74 Å². The Kier molecular flexibility index (Phi) is 2.94. The summed E-state index contributed by atoms with van der Waals surface area (Å²) in [5.41, 5.74) is 0. The first kappa shape index (κ1) is 9.41. The summed E-state index contributed by atoms with van der Waals surface area (Å²) in [5, 5.41) is 2.41. The van der Waals surface area contributed by atoms with E-state index in [1.54, 1.807) is 11.8 Å². The molecule has 72 valence electrons. The van der Waals surface area contributed by atoms with Crippen LogP contribution in [0.4, 0.5) is 0 Å². The van der Waals surface area contributed by atoms with Gasteiger partial charge in [-0.25, -0.2) is 0 Å². The summed E-state index contributed by atoms with van der Waals surface area (Å²) in [6.45, 7) is 0. The summed E-state index contributed by atoms with van der Waals surface area (Å²) >= 11 is 1.68. The lowest BCUT2D eigenvalue weighted by Gasteiger charge is -2.07. The van der Waals surface area contributed by atoms with E-state index in [1.807, 2.05) is 30.5 Å². The molecule has 0 spiro atoms. The molecule has 2 aromatic carbocycles. The van der Waals surface area contributed by atoms with Gasteiger partial charge in [0, 0.05) is 5.39 Å². The van der Waals surface area contributed by atoms with Crippen molar-refractivity contribution >= 4 is 22.5 Å². The zero-order chi connectivity index (χ0) is 9.80. The molecule has 0 radical (unpaired) electrons. The van der Waals surface area contributed by atoms with Gasteiger partial charge in [-0.1, -0.05) is 36.4 Å². The topological polar surface area (TPSA) is 9.23 Å². The number of thioether (sulfide) groups is 1. The van der Waals surface area contributed by atoms with Crippen molar-refractivity contribution in [2.75, 3.05) is 12.2 Å². The summed E-state index contributed by atoms with van der Waals surface area (Å²) in [6.07, 6.45) is 2.03. The number of rotatable bonds is 3. The van der Waals surface area contributed by atoms with E-state index in [1.165, 1.54) is 10.8 Å². The molecule has 2 heteroatoms. The van der Waals surface area contributed by atoms with Gasteiger partial charge in [0.15, 0.2) is 0 Å². The Morgan fingerprint density at radius 1 is 1.07 bits per heavy atom. The van der Waals surface area contributed by atoms with E-state index in [0.717, 1.165) is 5.75 Å². The highest BCUT2D eigenvalue weighted by atomic mass is 32.2. The molecule has 0 aliphatic carbocycles. The Morgan fingerprint density at radius 3 is 2.71 bits per heavy atom. The lowest BCUT2D eigenvalue weighted by atomic mass is 10.1. The highest BCUT2D eigenvalue weighted by molar-refractivity contribution is 7.98. The first-order chi connectivity index (χ1) is 6.92. The molecule has 0 N–H and O–H groups in total. The molecule has 0 bridgehead atoms. The number of hydrogen-bond acceptors (Lipinski definition) is 2. The maximum absolute atomic E-state index is 5.63. The van der Waals surface area contributed by atoms with Crippen molar-refractivity contribution in [3.63, 3.8) is 0 Å². The summed E-state index contributed by atoms with van der Waals surface area (Å²) in [7, 11) is 0. The molecule has 1 nitrogen and oxygen atoms in total. The predicted molar refractivity (Wildman–Crippen MR) is 63.0 cm³/mol. The van der Waals surface area contributed by atoms with Crippen molar-refractivity contribution in [2.24, 2.45) is 0 Å². The van der Waals surface area contributed by atoms with Crippen molar-refractivity contribution in [3.8, 4) is 5.75 Å². The maximum atomic E-state index is 5.63. The molecule has 0 aliphatic heterocycles. The summed E-state index contributed by atoms with van der Waals surface area (Å²) in [4.78, 5) is 0. The van der Waals surface area contributed by atoms with Crippen LogP contribution in [0.1, 0.15) is 0 Å². The molecule has 0 heterocycles. The second kappa shape index (κ2) is 4.38. The Morgan fingerprint density at radius 2 is 1.86 bits per heavy atom. The van der Waals surface area contributed by atoms with E-state index in [2.05, 4.69) is 18.2 Å². The second-order valence-corrected chi connectivity index (χ2v) is 3.84. The molecule has 0 saturated heterocycles. The second-order valence-electron chi connectivity index (χ2n) is 3.03. The molecule has 0 atom stereocenters. The fourth-order valence-corrected chi connectivity index (χ4v) is 1.69. The average Bonchev–Trinajstić information content (AvgIpc) is 2.26. The number of ether oxygens (including phenoxy) is 1.